The van der Waals surface area contributed by atoms with Crippen LogP contribution in [0.1, 0.15) is 31.2 Å². The summed E-state index contributed by atoms with van der Waals surface area (Å²) in [7, 11) is -7.07. The molecule has 0 aliphatic heterocycles. The Bertz CT molecular complexity index is 2390. The van der Waals surface area contributed by atoms with E-state index in [4.69, 9.17) is 45.0 Å². The highest BCUT2D eigenvalue weighted by Crippen LogP contribution is 2.30. The van der Waals surface area contributed by atoms with Crippen molar-refractivity contribution in [2.45, 2.75) is 97.1 Å². The topological polar surface area (TPSA) is 124 Å². The third-order valence-corrected chi connectivity index (χ3v) is 25.9. The molecular formula is C40H54Cl2N2O9Si4. The van der Waals surface area contributed by atoms with Crippen molar-refractivity contribution in [3.05, 3.63) is 106 Å². The fraction of sp³-hybridized carbons (Fsp3) is 0.450. The lowest BCUT2D eigenvalue weighted by Gasteiger charge is -2.41. The summed E-state index contributed by atoms with van der Waals surface area (Å²) in [5, 5.41) is 0.781. The van der Waals surface area contributed by atoms with Gasteiger partial charge in [-0.2, -0.15) is 0 Å². The third-order valence-electron chi connectivity index (χ3n) is 9.82. The average Bonchev–Trinajstić information content (AvgIpc) is 3.49. The third kappa shape index (κ3) is 10.8. The summed E-state index contributed by atoms with van der Waals surface area (Å²) in [5.41, 5.74) is -1.10. The van der Waals surface area contributed by atoms with Crippen molar-refractivity contribution < 1.29 is 21.8 Å². The van der Waals surface area contributed by atoms with Crippen molar-refractivity contribution in [1.82, 2.24) is 9.13 Å². The minimum absolute atomic E-state index is 0.0300. The van der Waals surface area contributed by atoms with E-state index in [-0.39, 0.29) is 32.3 Å². The average molecular weight is 890 g/mol. The molecular weight excluding hydrogens is 836 g/mol. The summed E-state index contributed by atoms with van der Waals surface area (Å²) in [6.45, 7) is 20.5. The molecule has 0 unspecified atom stereocenters. The second-order valence-electron chi connectivity index (χ2n) is 16.8. The van der Waals surface area contributed by atoms with Crippen LogP contribution in [0.15, 0.2) is 67.7 Å². The summed E-state index contributed by atoms with van der Waals surface area (Å²) in [4.78, 5) is 54.0. The van der Waals surface area contributed by atoms with Crippen molar-refractivity contribution >= 4 is 78.5 Å². The molecule has 0 saturated heterocycles. The number of benzene rings is 3. The Balaban J connectivity index is 1.19. The molecule has 2 aromatic heterocycles. The maximum atomic E-state index is 13.6. The maximum absolute atomic E-state index is 13.6. The predicted octanol–water partition coefficient (Wildman–Crippen LogP) is 8.96. The van der Waals surface area contributed by atoms with Crippen LogP contribution >= 0.6 is 23.2 Å². The molecule has 5 rings (SSSR count). The van der Waals surface area contributed by atoms with Crippen LogP contribution in [0.5, 0.6) is 5.75 Å². The number of hydrogen-bond acceptors (Lipinski definition) is 9. The highest BCUT2D eigenvalue weighted by molar-refractivity contribution is 6.89. The quantitative estimate of drug-likeness (QED) is 0.0591. The van der Waals surface area contributed by atoms with Gasteiger partial charge in [0.2, 0.25) is 0 Å². The first-order valence-electron chi connectivity index (χ1n) is 19.3. The molecule has 0 saturated carbocycles. The number of aromatic nitrogens is 2. The molecule has 308 valence electrons. The highest BCUT2D eigenvalue weighted by Gasteiger charge is 2.43. The number of rotatable bonds is 19. The number of ether oxygens (including phenoxy) is 2. The molecule has 0 aliphatic carbocycles. The first kappa shape index (κ1) is 45.1. The number of fused-ring (bicyclic) bond motifs is 2. The highest BCUT2D eigenvalue weighted by atomic mass is 35.5. The van der Waals surface area contributed by atoms with E-state index in [9.17, 15) is 19.2 Å². The first-order valence-corrected chi connectivity index (χ1v) is 31.9. The SMILES string of the molecule is COCCCC[Si](C)(C)O[Si](C)(C)O[Si](C)(C)O[Si](C)(C)CCCCOc1ccc(-n2c(=O)c3cc4c(=O)n(-c5ccc(C)c(Cl)c5)c(=O)c4cc3c2=O)cc1Cl. The van der Waals surface area contributed by atoms with Crippen molar-refractivity contribution in [3.63, 3.8) is 0 Å². The largest absolute Gasteiger partial charge is 0.492 e. The van der Waals surface area contributed by atoms with Gasteiger partial charge >= 0.3 is 17.1 Å². The molecule has 0 aliphatic rings. The fourth-order valence-corrected chi connectivity index (χ4v) is 27.5. The van der Waals surface area contributed by atoms with E-state index in [2.05, 4.69) is 52.4 Å². The lowest BCUT2D eigenvalue weighted by molar-refractivity contribution is 0.194. The van der Waals surface area contributed by atoms with Crippen LogP contribution in [0.2, 0.25) is 74.5 Å². The zero-order chi connectivity index (χ0) is 42.1. The predicted molar refractivity (Wildman–Crippen MR) is 241 cm³/mol. The summed E-state index contributed by atoms with van der Waals surface area (Å²) >= 11 is 12.9. The van der Waals surface area contributed by atoms with Gasteiger partial charge in [0, 0.05) is 18.7 Å². The molecule has 0 atom stereocenters. The number of aryl methyl sites for hydroxylation is 1. The Kier molecular flexibility index (Phi) is 14.0. The summed E-state index contributed by atoms with van der Waals surface area (Å²) < 4.78 is 33.4. The Labute approximate surface area is 347 Å². The van der Waals surface area contributed by atoms with Gasteiger partial charge in [-0.3, -0.25) is 19.2 Å². The zero-order valence-corrected chi connectivity index (χ0v) is 40.1. The van der Waals surface area contributed by atoms with Gasteiger partial charge < -0.3 is 21.8 Å². The first-order chi connectivity index (χ1) is 26.6. The van der Waals surface area contributed by atoms with Crippen LogP contribution in [0, 0.1) is 6.92 Å². The minimum Gasteiger partial charge on any atom is -0.492 e. The molecule has 3 aromatic carbocycles. The maximum Gasteiger partial charge on any atom is 0.312 e. The van der Waals surface area contributed by atoms with E-state index in [1.165, 1.54) is 24.3 Å². The molecule has 0 N–H and O–H groups in total. The number of hydrogen-bond donors (Lipinski definition) is 0. The molecule has 0 bridgehead atoms. The van der Waals surface area contributed by atoms with Crippen LogP contribution in [0.25, 0.3) is 32.9 Å². The van der Waals surface area contributed by atoms with Gasteiger partial charge in [0.25, 0.3) is 22.2 Å². The second kappa shape index (κ2) is 17.7. The van der Waals surface area contributed by atoms with Crippen molar-refractivity contribution in [2.24, 2.45) is 0 Å². The second-order valence-corrected chi connectivity index (χ2v) is 33.7. The Hall–Kier alpha value is -2.97. The molecule has 2 heterocycles. The van der Waals surface area contributed by atoms with Gasteiger partial charge in [-0.25, -0.2) is 9.13 Å². The molecule has 57 heavy (non-hydrogen) atoms. The van der Waals surface area contributed by atoms with Gasteiger partial charge in [-0.1, -0.05) is 42.1 Å². The van der Waals surface area contributed by atoms with Crippen LogP contribution in [-0.2, 0) is 17.1 Å². The van der Waals surface area contributed by atoms with Gasteiger partial charge in [-0.15, -0.1) is 0 Å². The number of nitrogens with zero attached hydrogens (tertiary/aromatic N) is 2. The number of unbranched alkanes of at least 4 members (excludes halogenated alkanes) is 2. The molecule has 11 nitrogen and oxygen atoms in total. The molecule has 0 spiro atoms. The molecule has 0 radical (unpaired) electrons. The van der Waals surface area contributed by atoms with Crippen molar-refractivity contribution in [2.75, 3.05) is 20.3 Å². The van der Waals surface area contributed by atoms with E-state index in [0.29, 0.717) is 23.1 Å². The molecule has 5 aromatic rings. The molecule has 0 fully saturated rings. The van der Waals surface area contributed by atoms with Crippen LogP contribution in [-0.4, -0.2) is 63.2 Å². The van der Waals surface area contributed by atoms with Crippen LogP contribution in [0.3, 0.4) is 0 Å². The molecule has 17 heteroatoms. The van der Waals surface area contributed by atoms with Gasteiger partial charge in [0.1, 0.15) is 5.75 Å². The Morgan fingerprint density at radius 1 is 0.544 bits per heavy atom. The van der Waals surface area contributed by atoms with Crippen molar-refractivity contribution in [3.8, 4) is 17.1 Å². The van der Waals surface area contributed by atoms with Crippen molar-refractivity contribution in [1.29, 1.82) is 0 Å². The van der Waals surface area contributed by atoms with E-state index in [0.717, 1.165) is 59.1 Å². The van der Waals surface area contributed by atoms with E-state index in [1.54, 1.807) is 31.4 Å². The Morgan fingerprint density at radius 3 is 1.39 bits per heavy atom. The molecule has 0 amide bonds. The van der Waals surface area contributed by atoms with E-state index >= 15 is 0 Å². The normalized spacial score (nSPS) is 13.0. The van der Waals surface area contributed by atoms with Gasteiger partial charge in [0.05, 0.1) is 44.5 Å². The zero-order valence-electron chi connectivity index (χ0n) is 34.6. The van der Waals surface area contributed by atoms with Crippen LogP contribution in [0.4, 0.5) is 0 Å². The summed E-state index contributed by atoms with van der Waals surface area (Å²) in [6.07, 6.45) is 3.81. The Morgan fingerprint density at radius 2 is 0.965 bits per heavy atom. The van der Waals surface area contributed by atoms with E-state index in [1.807, 2.05) is 6.92 Å². The standard InChI is InChI=1S/C40H54Cl2N2O9Si4/c1-27-15-16-28(23-34(27)41)43-37(45)30-25-32-33(26-31(30)38(43)46)40(48)44(39(32)47)29-17-18-36(35(42)24-29)50-20-12-14-22-55(5,6)52-57(9,10)53-56(7,8)51-54(3,4)21-13-11-19-49-2/h15-18,23-26H,11-14,19-22H2,1-10H3. The van der Waals surface area contributed by atoms with Gasteiger partial charge in [-0.05, 0) is 132 Å². The fourth-order valence-electron chi connectivity index (χ4n) is 7.61. The lowest BCUT2D eigenvalue weighted by atomic mass is 10.1. The van der Waals surface area contributed by atoms with Crippen LogP contribution < -0.4 is 27.0 Å². The monoisotopic (exact) mass is 888 g/mol. The minimum atomic E-state index is -2.46. The van der Waals surface area contributed by atoms with E-state index < -0.39 is 56.0 Å². The van der Waals surface area contributed by atoms with Gasteiger partial charge in [0.15, 0.2) is 16.6 Å². The lowest BCUT2D eigenvalue weighted by Crippen LogP contribution is -2.56. The smallest absolute Gasteiger partial charge is 0.312 e. The summed E-state index contributed by atoms with van der Waals surface area (Å²) in [5.74, 6) is 0.426. The number of halogens is 2. The summed E-state index contributed by atoms with van der Waals surface area (Å²) in [6, 6.07) is 14.2. The number of methoxy groups -OCH3 is 1.